The van der Waals surface area contributed by atoms with Gasteiger partial charge in [0.1, 0.15) is 11.6 Å². The second-order valence-corrected chi connectivity index (χ2v) is 10.2. The lowest BCUT2D eigenvalue weighted by Crippen LogP contribution is -2.64. The molecule has 0 amide bonds. The van der Waals surface area contributed by atoms with Crippen LogP contribution in [0.3, 0.4) is 0 Å². The number of sulfonamides is 1. The molecule has 2 aromatic heterocycles. The molecule has 0 saturated carbocycles. The monoisotopic (exact) mass is 431 g/mol. The van der Waals surface area contributed by atoms with E-state index in [2.05, 4.69) is 14.6 Å². The number of piperidine rings is 1. The summed E-state index contributed by atoms with van der Waals surface area (Å²) >= 11 is 6.50. The van der Waals surface area contributed by atoms with E-state index in [1.165, 1.54) is 6.26 Å². The quantitative estimate of drug-likeness (QED) is 0.687. The molecule has 2 bridgehead atoms. The lowest BCUT2D eigenvalue weighted by atomic mass is 9.77. The number of nitrogens with one attached hydrogen (secondary N) is 1. The first-order valence-electron chi connectivity index (χ1n) is 9.63. The first-order valence-corrected chi connectivity index (χ1v) is 11.9. The van der Waals surface area contributed by atoms with Crippen LogP contribution in [0.4, 0.5) is 5.82 Å². The maximum atomic E-state index is 11.6. The van der Waals surface area contributed by atoms with Gasteiger partial charge in [-0.05, 0) is 37.5 Å². The standard InChI is InChI=1S/C20H22ClN5O2S/c1-25-18-6-4-3-5-17(18)23-20(25)15-10-19(22-11-16(15)21)26-13-7-12(8-14(26)9-13)24-29(2,27)28/h3-6,10-14,24H,7-9H2,1-2H3/t12?,13-,14+. The van der Waals surface area contributed by atoms with E-state index in [0.29, 0.717) is 5.02 Å². The molecule has 2 aliphatic heterocycles. The van der Waals surface area contributed by atoms with Crippen molar-refractivity contribution in [3.05, 3.63) is 41.6 Å². The van der Waals surface area contributed by atoms with Gasteiger partial charge in [0, 0.05) is 36.9 Å². The van der Waals surface area contributed by atoms with Crippen LogP contribution in [0.15, 0.2) is 36.5 Å². The highest BCUT2D eigenvalue weighted by atomic mass is 35.5. The summed E-state index contributed by atoms with van der Waals surface area (Å²) in [5.41, 5.74) is 2.83. The molecular weight excluding hydrogens is 410 g/mol. The maximum Gasteiger partial charge on any atom is 0.208 e. The molecule has 7 nitrogen and oxygen atoms in total. The fourth-order valence-electron chi connectivity index (χ4n) is 4.77. The second-order valence-electron chi connectivity index (χ2n) is 8.01. The highest BCUT2D eigenvalue weighted by Crippen LogP contribution is 2.43. The molecule has 1 aromatic carbocycles. The number of hydrogen-bond donors (Lipinski definition) is 1. The summed E-state index contributed by atoms with van der Waals surface area (Å²) in [6.45, 7) is 0. The Morgan fingerprint density at radius 2 is 1.90 bits per heavy atom. The van der Waals surface area contributed by atoms with Crippen LogP contribution in [0.2, 0.25) is 5.02 Å². The van der Waals surface area contributed by atoms with Crippen molar-refractivity contribution in [3.8, 4) is 11.4 Å². The number of fused-ring (bicyclic) bond motifs is 3. The highest BCUT2D eigenvalue weighted by Gasteiger charge is 2.46. The molecule has 0 spiro atoms. The van der Waals surface area contributed by atoms with Gasteiger partial charge in [-0.3, -0.25) is 0 Å². The number of anilines is 1. The smallest absolute Gasteiger partial charge is 0.208 e. The zero-order valence-electron chi connectivity index (χ0n) is 16.2. The number of halogens is 1. The van der Waals surface area contributed by atoms with Crippen molar-refractivity contribution in [1.82, 2.24) is 19.3 Å². The summed E-state index contributed by atoms with van der Waals surface area (Å²) in [5.74, 6) is 1.68. The molecule has 152 valence electrons. The first kappa shape index (κ1) is 18.8. The minimum Gasteiger partial charge on any atom is -0.350 e. The Kier molecular flexibility index (Phi) is 4.34. The van der Waals surface area contributed by atoms with Crippen molar-refractivity contribution in [2.45, 2.75) is 37.4 Å². The predicted octanol–water partition coefficient (Wildman–Crippen LogP) is 2.95. The first-order chi connectivity index (χ1) is 13.8. The fraction of sp³-hybridized carbons (Fsp3) is 0.400. The molecule has 2 fully saturated rings. The van der Waals surface area contributed by atoms with Crippen LogP contribution in [0, 0.1) is 0 Å². The Balaban J connectivity index is 1.46. The summed E-state index contributed by atoms with van der Waals surface area (Å²) < 4.78 is 27.9. The van der Waals surface area contributed by atoms with Crippen LogP contribution >= 0.6 is 11.6 Å². The number of aromatic nitrogens is 3. The van der Waals surface area contributed by atoms with E-state index >= 15 is 0 Å². The van der Waals surface area contributed by atoms with Crippen molar-refractivity contribution in [2.75, 3.05) is 11.2 Å². The lowest BCUT2D eigenvalue weighted by molar-refractivity contribution is 0.209. The van der Waals surface area contributed by atoms with Crippen LogP contribution < -0.4 is 9.62 Å². The molecule has 1 unspecified atom stereocenters. The van der Waals surface area contributed by atoms with Crippen molar-refractivity contribution in [1.29, 1.82) is 0 Å². The fourth-order valence-corrected chi connectivity index (χ4v) is 5.76. The molecule has 9 heteroatoms. The molecule has 3 atom stereocenters. The number of pyridine rings is 1. The summed E-state index contributed by atoms with van der Waals surface area (Å²) in [6, 6.07) is 10.6. The average molecular weight is 432 g/mol. The molecule has 29 heavy (non-hydrogen) atoms. The predicted molar refractivity (Wildman–Crippen MR) is 115 cm³/mol. The topological polar surface area (TPSA) is 80.1 Å². The summed E-state index contributed by atoms with van der Waals surface area (Å²) in [7, 11) is -1.20. The number of imidazole rings is 1. The molecule has 2 aliphatic rings. The van der Waals surface area contributed by atoms with Gasteiger partial charge in [0.05, 0.1) is 22.3 Å². The van der Waals surface area contributed by atoms with Crippen molar-refractivity contribution in [2.24, 2.45) is 7.05 Å². The van der Waals surface area contributed by atoms with E-state index < -0.39 is 10.0 Å². The van der Waals surface area contributed by atoms with Crippen LogP contribution in [0.1, 0.15) is 19.3 Å². The van der Waals surface area contributed by atoms with E-state index in [1.54, 1.807) is 6.20 Å². The zero-order valence-corrected chi connectivity index (χ0v) is 17.8. The molecule has 0 aliphatic carbocycles. The van der Waals surface area contributed by atoms with E-state index in [9.17, 15) is 8.42 Å². The molecule has 4 heterocycles. The molecular formula is C20H22ClN5O2S. The van der Waals surface area contributed by atoms with Crippen LogP contribution in [0.5, 0.6) is 0 Å². The van der Waals surface area contributed by atoms with Gasteiger partial charge in [-0.1, -0.05) is 23.7 Å². The number of rotatable bonds is 4. The number of nitrogens with zero attached hydrogens (tertiary/aromatic N) is 4. The number of hydrogen-bond acceptors (Lipinski definition) is 5. The van der Waals surface area contributed by atoms with E-state index in [0.717, 1.165) is 47.5 Å². The minimum absolute atomic E-state index is 0.00314. The Bertz CT molecular complexity index is 1200. The van der Waals surface area contributed by atoms with E-state index in [1.807, 2.05) is 41.9 Å². The zero-order chi connectivity index (χ0) is 20.3. The Morgan fingerprint density at radius 1 is 1.17 bits per heavy atom. The summed E-state index contributed by atoms with van der Waals surface area (Å²) in [5, 5.41) is 0.564. The Labute approximate surface area is 174 Å². The van der Waals surface area contributed by atoms with Crippen LogP contribution in [0.25, 0.3) is 22.4 Å². The second kappa shape index (κ2) is 6.68. The van der Waals surface area contributed by atoms with Gasteiger partial charge < -0.3 is 9.47 Å². The number of benzene rings is 1. The largest absolute Gasteiger partial charge is 0.350 e. The van der Waals surface area contributed by atoms with Crippen LogP contribution in [-0.2, 0) is 17.1 Å². The van der Waals surface area contributed by atoms with Gasteiger partial charge in [0.25, 0.3) is 0 Å². The molecule has 5 rings (SSSR count). The lowest BCUT2D eigenvalue weighted by Gasteiger charge is -2.56. The van der Waals surface area contributed by atoms with Gasteiger partial charge in [-0.2, -0.15) is 0 Å². The normalized spacial score (nSPS) is 24.0. The molecule has 0 radical (unpaired) electrons. The third-order valence-electron chi connectivity index (χ3n) is 5.96. The molecule has 2 saturated heterocycles. The number of para-hydroxylation sites is 2. The summed E-state index contributed by atoms with van der Waals surface area (Å²) in [6.07, 6.45) is 5.54. The Hall–Kier alpha value is -2.16. The van der Waals surface area contributed by atoms with Gasteiger partial charge >= 0.3 is 0 Å². The van der Waals surface area contributed by atoms with Gasteiger partial charge in [-0.15, -0.1) is 0 Å². The third-order valence-corrected chi connectivity index (χ3v) is 7.02. The van der Waals surface area contributed by atoms with E-state index in [-0.39, 0.29) is 18.1 Å². The van der Waals surface area contributed by atoms with Gasteiger partial charge in [0.15, 0.2) is 0 Å². The van der Waals surface area contributed by atoms with Crippen LogP contribution in [-0.4, -0.2) is 47.3 Å². The van der Waals surface area contributed by atoms with Gasteiger partial charge in [0.2, 0.25) is 10.0 Å². The van der Waals surface area contributed by atoms with E-state index in [4.69, 9.17) is 16.6 Å². The van der Waals surface area contributed by atoms with Crippen molar-refractivity contribution >= 4 is 38.5 Å². The molecule has 1 N–H and O–H groups in total. The summed E-state index contributed by atoms with van der Waals surface area (Å²) in [4.78, 5) is 11.6. The third kappa shape index (κ3) is 3.29. The Morgan fingerprint density at radius 3 is 2.59 bits per heavy atom. The maximum absolute atomic E-state index is 11.6. The number of aryl methyl sites for hydroxylation is 1. The van der Waals surface area contributed by atoms with Crippen molar-refractivity contribution in [3.63, 3.8) is 0 Å². The van der Waals surface area contributed by atoms with Crippen molar-refractivity contribution < 1.29 is 8.42 Å². The molecule has 3 aromatic rings. The van der Waals surface area contributed by atoms with Gasteiger partial charge in [-0.25, -0.2) is 23.1 Å². The highest BCUT2D eigenvalue weighted by molar-refractivity contribution is 7.88. The minimum atomic E-state index is -3.19. The SMILES string of the molecule is Cn1c(-c2cc(N3[C@@H]4CC(NS(C)(=O)=O)C[C@H]3C4)ncc2Cl)nc2ccccc21. The average Bonchev–Trinajstić information content (AvgIpc) is 2.99.